The summed E-state index contributed by atoms with van der Waals surface area (Å²) in [5, 5.41) is 0. The van der Waals surface area contributed by atoms with Gasteiger partial charge in [-0.25, -0.2) is 15.0 Å². The topological polar surface area (TPSA) is 67.2 Å². The van der Waals surface area contributed by atoms with E-state index in [9.17, 15) is 18.0 Å². The summed E-state index contributed by atoms with van der Waals surface area (Å²) in [5.74, 6) is 1.87. The summed E-state index contributed by atoms with van der Waals surface area (Å²) < 4.78 is 39.1. The first-order chi connectivity index (χ1) is 12.7. The third-order valence-corrected chi connectivity index (χ3v) is 4.66. The monoisotopic (exact) mass is 382 g/mol. The van der Waals surface area contributed by atoms with E-state index < -0.39 is 17.4 Å². The number of alkyl halides is 3. The highest BCUT2D eigenvalue weighted by molar-refractivity contribution is 5.49. The Balaban J connectivity index is 1.62. The Morgan fingerprint density at radius 2 is 1.85 bits per heavy atom. The summed E-state index contributed by atoms with van der Waals surface area (Å²) in [6, 6.07) is 2.48. The second kappa shape index (κ2) is 7.53. The van der Waals surface area contributed by atoms with Crippen LogP contribution < -0.4 is 15.4 Å². The normalized spacial score (nSPS) is 15.8. The number of hydrogen-bond acceptors (Lipinski definition) is 6. The van der Waals surface area contributed by atoms with Gasteiger partial charge in [-0.05, 0) is 18.8 Å². The molecule has 146 valence electrons. The molecule has 0 N–H and O–H groups in total. The molecule has 1 aliphatic rings. The maximum Gasteiger partial charge on any atom is 0.433 e. The maximum absolute atomic E-state index is 12.6. The molecule has 1 saturated heterocycles. The van der Waals surface area contributed by atoms with Crippen molar-refractivity contribution in [3.05, 3.63) is 40.8 Å². The number of rotatable bonds is 4. The molecule has 0 saturated carbocycles. The Hall–Kier alpha value is -2.65. The van der Waals surface area contributed by atoms with Gasteiger partial charge in [0, 0.05) is 45.9 Å². The molecule has 0 bridgehead atoms. The quantitative estimate of drug-likeness (QED) is 0.806. The minimum atomic E-state index is -4.60. The van der Waals surface area contributed by atoms with Crippen molar-refractivity contribution in [3.63, 3.8) is 0 Å². The summed E-state index contributed by atoms with van der Waals surface area (Å²) in [6.45, 7) is 1.89. The lowest BCUT2D eigenvalue weighted by molar-refractivity contribution is -0.141. The van der Waals surface area contributed by atoms with Crippen molar-refractivity contribution in [1.29, 1.82) is 0 Å². The van der Waals surface area contributed by atoms with Crippen molar-refractivity contribution >= 4 is 11.6 Å². The average molecular weight is 382 g/mol. The first-order valence-corrected chi connectivity index (χ1v) is 8.62. The predicted molar refractivity (Wildman–Crippen MR) is 94.8 cm³/mol. The van der Waals surface area contributed by atoms with Gasteiger partial charge in [-0.3, -0.25) is 9.36 Å². The number of piperidine rings is 1. The fraction of sp³-hybridized carbons (Fsp3) is 0.529. The van der Waals surface area contributed by atoms with Crippen LogP contribution in [-0.2, 0) is 12.7 Å². The van der Waals surface area contributed by atoms with Gasteiger partial charge in [0.2, 0.25) is 0 Å². The number of hydrogen-bond donors (Lipinski definition) is 0. The zero-order valence-corrected chi connectivity index (χ0v) is 15.1. The van der Waals surface area contributed by atoms with Crippen molar-refractivity contribution < 1.29 is 13.2 Å². The smallest absolute Gasteiger partial charge is 0.363 e. The Morgan fingerprint density at radius 3 is 2.44 bits per heavy atom. The number of anilines is 2. The lowest BCUT2D eigenvalue weighted by atomic mass is 9.96. The van der Waals surface area contributed by atoms with Crippen molar-refractivity contribution in [2.45, 2.75) is 25.6 Å². The van der Waals surface area contributed by atoms with E-state index in [0.29, 0.717) is 12.6 Å². The average Bonchev–Trinajstić information content (AvgIpc) is 2.63. The summed E-state index contributed by atoms with van der Waals surface area (Å²) >= 11 is 0. The van der Waals surface area contributed by atoms with Crippen LogP contribution in [0.5, 0.6) is 0 Å². The van der Waals surface area contributed by atoms with E-state index in [2.05, 4.69) is 19.9 Å². The summed E-state index contributed by atoms with van der Waals surface area (Å²) in [5.41, 5.74) is -1.83. The molecule has 0 aromatic carbocycles. The number of aromatic nitrogens is 4. The van der Waals surface area contributed by atoms with E-state index in [1.54, 1.807) is 0 Å². The van der Waals surface area contributed by atoms with Gasteiger partial charge in [-0.1, -0.05) is 0 Å². The number of nitrogens with zero attached hydrogens (tertiary/aromatic N) is 6. The van der Waals surface area contributed by atoms with Gasteiger partial charge in [0.1, 0.15) is 18.0 Å². The molecule has 0 radical (unpaired) electrons. The fourth-order valence-electron chi connectivity index (χ4n) is 3.10. The van der Waals surface area contributed by atoms with Crippen LogP contribution >= 0.6 is 0 Å². The van der Waals surface area contributed by atoms with Gasteiger partial charge in [0.15, 0.2) is 5.69 Å². The zero-order chi connectivity index (χ0) is 19.6. The first kappa shape index (κ1) is 19.1. The lowest BCUT2D eigenvalue weighted by Gasteiger charge is -2.33. The van der Waals surface area contributed by atoms with E-state index in [4.69, 9.17) is 0 Å². The van der Waals surface area contributed by atoms with Gasteiger partial charge in [-0.2, -0.15) is 13.2 Å². The number of halogens is 3. The molecule has 7 nitrogen and oxygen atoms in total. The molecule has 27 heavy (non-hydrogen) atoms. The van der Waals surface area contributed by atoms with Crippen LogP contribution in [0.4, 0.5) is 24.8 Å². The maximum atomic E-state index is 12.6. The van der Waals surface area contributed by atoms with Gasteiger partial charge < -0.3 is 9.80 Å². The van der Waals surface area contributed by atoms with Crippen molar-refractivity contribution in [2.75, 3.05) is 37.0 Å². The molecule has 3 heterocycles. The second-order valence-corrected chi connectivity index (χ2v) is 6.82. The fourth-order valence-corrected chi connectivity index (χ4v) is 3.10. The third kappa shape index (κ3) is 4.55. The SMILES string of the molecule is CN(C)c1cc(N2CCC(Cn3cnc(C(F)(F)F)cc3=O)CC2)ncn1. The molecule has 1 aliphatic heterocycles. The molecule has 0 amide bonds. The van der Waals surface area contributed by atoms with E-state index >= 15 is 0 Å². The highest BCUT2D eigenvalue weighted by Gasteiger charge is 2.33. The highest BCUT2D eigenvalue weighted by Crippen LogP contribution is 2.27. The van der Waals surface area contributed by atoms with Crippen molar-refractivity contribution in [2.24, 2.45) is 5.92 Å². The van der Waals surface area contributed by atoms with Crippen LogP contribution in [0.3, 0.4) is 0 Å². The molecular weight excluding hydrogens is 361 g/mol. The van der Waals surface area contributed by atoms with E-state index in [1.807, 2.05) is 25.1 Å². The van der Waals surface area contributed by atoms with Crippen LogP contribution in [0.2, 0.25) is 0 Å². The third-order valence-electron chi connectivity index (χ3n) is 4.66. The van der Waals surface area contributed by atoms with Crippen LogP contribution in [0.1, 0.15) is 18.5 Å². The van der Waals surface area contributed by atoms with E-state index in [-0.39, 0.29) is 5.92 Å². The summed E-state index contributed by atoms with van der Waals surface area (Å²) in [7, 11) is 3.82. The molecular formula is C17H21F3N6O. The minimum absolute atomic E-state index is 0.202. The van der Waals surface area contributed by atoms with E-state index in [0.717, 1.165) is 43.9 Å². The first-order valence-electron chi connectivity index (χ1n) is 8.62. The van der Waals surface area contributed by atoms with Crippen LogP contribution in [-0.4, -0.2) is 46.7 Å². The van der Waals surface area contributed by atoms with E-state index in [1.165, 1.54) is 10.9 Å². The molecule has 0 unspecified atom stereocenters. The standard InChI is InChI=1S/C17H21F3N6O/c1-24(2)14-8-15(22-10-21-14)25-5-3-12(4-6-25)9-26-11-23-13(7-16(26)27)17(18,19)20/h7-8,10-12H,3-6,9H2,1-2H3. The minimum Gasteiger partial charge on any atom is -0.363 e. The second-order valence-electron chi connectivity index (χ2n) is 6.82. The van der Waals surface area contributed by atoms with Crippen molar-refractivity contribution in [1.82, 2.24) is 19.5 Å². The highest BCUT2D eigenvalue weighted by atomic mass is 19.4. The Labute approximate surface area is 154 Å². The van der Waals surface area contributed by atoms with Crippen LogP contribution in [0, 0.1) is 5.92 Å². The van der Waals surface area contributed by atoms with Gasteiger partial charge in [-0.15, -0.1) is 0 Å². The Kier molecular flexibility index (Phi) is 5.33. The Morgan fingerprint density at radius 1 is 1.15 bits per heavy atom. The predicted octanol–water partition coefficient (Wildman–Crippen LogP) is 2.03. The molecule has 3 rings (SSSR count). The van der Waals surface area contributed by atoms with Crippen LogP contribution in [0.15, 0.2) is 29.6 Å². The molecule has 2 aromatic heterocycles. The molecule has 10 heteroatoms. The van der Waals surface area contributed by atoms with Gasteiger partial charge in [0.25, 0.3) is 5.56 Å². The summed E-state index contributed by atoms with van der Waals surface area (Å²) in [4.78, 5) is 27.9. The Bertz CT molecular complexity index is 843. The zero-order valence-electron chi connectivity index (χ0n) is 15.1. The summed E-state index contributed by atoms with van der Waals surface area (Å²) in [6.07, 6.45) is -0.453. The molecule has 0 aliphatic carbocycles. The molecule has 0 atom stereocenters. The molecule has 0 spiro atoms. The van der Waals surface area contributed by atoms with Gasteiger partial charge >= 0.3 is 6.18 Å². The molecule has 2 aromatic rings. The molecule has 1 fully saturated rings. The van der Waals surface area contributed by atoms with Gasteiger partial charge in [0.05, 0.1) is 6.33 Å². The lowest BCUT2D eigenvalue weighted by Crippen LogP contribution is -2.37. The van der Waals surface area contributed by atoms with Crippen LogP contribution in [0.25, 0.3) is 0 Å². The largest absolute Gasteiger partial charge is 0.433 e. The van der Waals surface area contributed by atoms with Crippen molar-refractivity contribution in [3.8, 4) is 0 Å².